The summed E-state index contributed by atoms with van der Waals surface area (Å²) in [7, 11) is -3.30. The van der Waals surface area contributed by atoms with Crippen molar-refractivity contribution in [2.24, 2.45) is 5.73 Å². The summed E-state index contributed by atoms with van der Waals surface area (Å²) in [6.45, 7) is 8.84. The number of sulfonamides is 1. The van der Waals surface area contributed by atoms with Crippen molar-refractivity contribution in [2.75, 3.05) is 5.75 Å². The number of nitrogens with two attached hydrogens (primary N) is 1. The van der Waals surface area contributed by atoms with Crippen molar-refractivity contribution in [1.29, 1.82) is 0 Å². The Labute approximate surface area is 98.0 Å². The summed E-state index contributed by atoms with van der Waals surface area (Å²) in [5, 5.41) is 0. The molecule has 0 spiro atoms. The average molecular weight is 244 g/mol. The topological polar surface area (TPSA) is 72.2 Å². The van der Waals surface area contributed by atoms with Crippen LogP contribution in [0.15, 0.2) is 36.1 Å². The maximum atomic E-state index is 11.6. The fourth-order valence-electron chi connectivity index (χ4n) is 1.10. The summed E-state index contributed by atoms with van der Waals surface area (Å²) in [6, 6.07) is -0.108. The Hall–Kier alpha value is -1.07. The van der Waals surface area contributed by atoms with Crippen LogP contribution >= 0.6 is 0 Å². The molecule has 0 aromatic heterocycles. The van der Waals surface area contributed by atoms with Crippen molar-refractivity contribution in [3.05, 3.63) is 36.1 Å². The summed E-state index contributed by atoms with van der Waals surface area (Å²) >= 11 is 0. The van der Waals surface area contributed by atoms with Crippen LogP contribution in [0.5, 0.6) is 0 Å². The number of allylic oxidation sites excluding steroid dienone is 3. The Balaban J connectivity index is 4.76. The van der Waals surface area contributed by atoms with Gasteiger partial charge in [-0.25, -0.2) is 13.1 Å². The second-order valence-electron chi connectivity index (χ2n) is 3.74. The molecule has 16 heavy (non-hydrogen) atoms. The van der Waals surface area contributed by atoms with Crippen molar-refractivity contribution >= 4 is 10.0 Å². The van der Waals surface area contributed by atoms with E-state index in [1.807, 2.05) is 0 Å². The van der Waals surface area contributed by atoms with Crippen LogP contribution < -0.4 is 10.5 Å². The molecule has 0 aromatic carbocycles. The molecule has 0 saturated heterocycles. The fraction of sp³-hybridized carbons (Fsp3) is 0.455. The van der Waals surface area contributed by atoms with Crippen LogP contribution in [0.1, 0.15) is 20.8 Å². The van der Waals surface area contributed by atoms with E-state index in [1.54, 1.807) is 32.9 Å². The van der Waals surface area contributed by atoms with Crippen molar-refractivity contribution in [1.82, 2.24) is 4.72 Å². The van der Waals surface area contributed by atoms with Gasteiger partial charge in [0.2, 0.25) is 10.0 Å². The zero-order chi connectivity index (χ0) is 12.8. The van der Waals surface area contributed by atoms with Gasteiger partial charge in [-0.05, 0) is 38.5 Å². The highest BCUT2D eigenvalue weighted by atomic mass is 32.2. The lowest BCUT2D eigenvalue weighted by Gasteiger charge is -2.10. The van der Waals surface area contributed by atoms with Crippen molar-refractivity contribution in [2.45, 2.75) is 26.8 Å². The Morgan fingerprint density at radius 1 is 1.50 bits per heavy atom. The van der Waals surface area contributed by atoms with Crippen LogP contribution in [0, 0.1) is 0 Å². The van der Waals surface area contributed by atoms with Crippen LogP contribution in [-0.2, 0) is 10.0 Å². The highest BCUT2D eigenvalue weighted by Crippen LogP contribution is 2.04. The maximum Gasteiger partial charge on any atom is 0.216 e. The molecule has 0 amide bonds. The molecule has 0 aromatic rings. The van der Waals surface area contributed by atoms with E-state index in [1.165, 1.54) is 6.08 Å². The van der Waals surface area contributed by atoms with Gasteiger partial charge >= 0.3 is 0 Å². The van der Waals surface area contributed by atoms with Crippen molar-refractivity contribution in [3.8, 4) is 0 Å². The Morgan fingerprint density at radius 3 is 2.44 bits per heavy atom. The Kier molecular flexibility index (Phi) is 6.06. The van der Waals surface area contributed by atoms with Gasteiger partial charge in [-0.3, -0.25) is 0 Å². The number of hydrogen-bond acceptors (Lipinski definition) is 3. The summed E-state index contributed by atoms with van der Waals surface area (Å²) in [5.74, 6) is -0.0732. The molecule has 0 aliphatic carbocycles. The predicted octanol–water partition coefficient (Wildman–Crippen LogP) is 1.29. The molecule has 0 unspecified atom stereocenters. The molecule has 5 heteroatoms. The van der Waals surface area contributed by atoms with E-state index in [4.69, 9.17) is 5.73 Å². The van der Waals surface area contributed by atoms with E-state index in [-0.39, 0.29) is 11.8 Å². The lowest BCUT2D eigenvalue weighted by molar-refractivity contribution is 0.572. The zero-order valence-electron chi connectivity index (χ0n) is 10.0. The van der Waals surface area contributed by atoms with Gasteiger partial charge in [0.15, 0.2) is 0 Å². The van der Waals surface area contributed by atoms with Gasteiger partial charge in [-0.2, -0.15) is 0 Å². The minimum absolute atomic E-state index is 0.0732. The van der Waals surface area contributed by atoms with Gasteiger partial charge in [0.25, 0.3) is 0 Å². The molecule has 4 nitrogen and oxygen atoms in total. The SMILES string of the molecule is C=C/C(N)=C\C(=C/C)CS(=O)(=O)NC(C)C. The van der Waals surface area contributed by atoms with Gasteiger partial charge in [-0.1, -0.05) is 12.7 Å². The first-order chi connectivity index (χ1) is 7.30. The van der Waals surface area contributed by atoms with Crippen LogP contribution in [0.2, 0.25) is 0 Å². The standard InChI is InChI=1S/C11H20N2O2S/c1-5-10(7-11(12)6-2)8-16(14,15)13-9(3)4/h5-7,9,13H,2,8,12H2,1,3-4H3/b10-5+,11-7+. The minimum Gasteiger partial charge on any atom is -0.399 e. The van der Waals surface area contributed by atoms with E-state index < -0.39 is 10.0 Å². The molecule has 0 atom stereocenters. The lowest BCUT2D eigenvalue weighted by Crippen LogP contribution is -2.32. The molecule has 0 fully saturated rings. The molecule has 0 rings (SSSR count). The van der Waals surface area contributed by atoms with E-state index in [0.29, 0.717) is 11.3 Å². The first-order valence-corrected chi connectivity index (χ1v) is 6.70. The third-order valence-electron chi connectivity index (χ3n) is 1.73. The van der Waals surface area contributed by atoms with Gasteiger partial charge in [0, 0.05) is 11.7 Å². The van der Waals surface area contributed by atoms with E-state index >= 15 is 0 Å². The predicted molar refractivity (Wildman–Crippen MR) is 68.3 cm³/mol. The van der Waals surface area contributed by atoms with Gasteiger partial charge < -0.3 is 5.73 Å². The molecule has 0 aliphatic rings. The van der Waals surface area contributed by atoms with Crippen LogP contribution in [0.25, 0.3) is 0 Å². The monoisotopic (exact) mass is 244 g/mol. The highest BCUT2D eigenvalue weighted by molar-refractivity contribution is 7.89. The smallest absolute Gasteiger partial charge is 0.216 e. The van der Waals surface area contributed by atoms with Crippen molar-refractivity contribution < 1.29 is 8.42 Å². The lowest BCUT2D eigenvalue weighted by atomic mass is 10.2. The van der Waals surface area contributed by atoms with Gasteiger partial charge in [-0.15, -0.1) is 0 Å². The molecule has 0 radical (unpaired) electrons. The molecule has 0 bridgehead atoms. The molecular weight excluding hydrogens is 224 g/mol. The fourth-order valence-corrected chi connectivity index (χ4v) is 2.59. The van der Waals surface area contributed by atoms with Crippen LogP contribution in [0.3, 0.4) is 0 Å². The third kappa shape index (κ3) is 6.42. The van der Waals surface area contributed by atoms with Gasteiger partial charge in [0.05, 0.1) is 5.75 Å². The Bertz CT molecular complexity index is 392. The molecule has 3 N–H and O–H groups in total. The number of nitrogens with one attached hydrogen (secondary N) is 1. The summed E-state index contributed by atoms with van der Waals surface area (Å²) in [4.78, 5) is 0. The molecule has 0 saturated carbocycles. The highest BCUT2D eigenvalue weighted by Gasteiger charge is 2.13. The van der Waals surface area contributed by atoms with Crippen LogP contribution in [0.4, 0.5) is 0 Å². The molecule has 92 valence electrons. The zero-order valence-corrected chi connectivity index (χ0v) is 10.8. The third-order valence-corrected chi connectivity index (χ3v) is 3.27. The first-order valence-electron chi connectivity index (χ1n) is 5.05. The maximum absolute atomic E-state index is 11.6. The molecular formula is C11H20N2O2S. The van der Waals surface area contributed by atoms with Gasteiger partial charge in [0.1, 0.15) is 0 Å². The van der Waals surface area contributed by atoms with Crippen molar-refractivity contribution in [3.63, 3.8) is 0 Å². The quantitative estimate of drug-likeness (QED) is 0.692. The Morgan fingerprint density at radius 2 is 2.06 bits per heavy atom. The normalized spacial score (nSPS) is 14.2. The second-order valence-corrected chi connectivity index (χ2v) is 5.50. The number of rotatable bonds is 6. The minimum atomic E-state index is -3.30. The molecule has 0 heterocycles. The van der Waals surface area contributed by atoms with Crippen LogP contribution in [-0.4, -0.2) is 20.2 Å². The molecule has 0 aliphatic heterocycles. The first kappa shape index (κ1) is 14.9. The summed E-state index contributed by atoms with van der Waals surface area (Å²) < 4.78 is 25.8. The summed E-state index contributed by atoms with van der Waals surface area (Å²) in [5.41, 5.74) is 6.65. The number of hydrogen-bond donors (Lipinski definition) is 2. The van der Waals surface area contributed by atoms with E-state index in [9.17, 15) is 8.42 Å². The largest absolute Gasteiger partial charge is 0.399 e. The second kappa shape index (κ2) is 6.50. The van der Waals surface area contributed by atoms with E-state index in [0.717, 1.165) is 0 Å². The average Bonchev–Trinajstić information content (AvgIpc) is 2.13. The summed E-state index contributed by atoms with van der Waals surface area (Å²) in [6.07, 6.45) is 4.80. The van der Waals surface area contributed by atoms with E-state index in [2.05, 4.69) is 11.3 Å².